The Bertz CT molecular complexity index is 644. The molecule has 0 saturated heterocycles. The molecule has 2 heterocycles. The molecule has 19 heavy (non-hydrogen) atoms. The molecule has 0 aromatic carbocycles. The molecule has 0 unspecified atom stereocenters. The molecule has 2 rings (SSSR count). The van der Waals surface area contributed by atoms with Crippen LogP contribution in [0.2, 0.25) is 0 Å². The molecule has 0 spiro atoms. The number of nitrogens with zero attached hydrogens (tertiary/aromatic N) is 3. The van der Waals surface area contributed by atoms with E-state index in [2.05, 4.69) is 9.97 Å². The van der Waals surface area contributed by atoms with E-state index >= 15 is 0 Å². The monoisotopic (exact) mass is 261 g/mol. The van der Waals surface area contributed by atoms with Crippen molar-refractivity contribution in [2.45, 2.75) is 32.7 Å². The largest absolute Gasteiger partial charge is 0.295 e. The van der Waals surface area contributed by atoms with Gasteiger partial charge in [-0.1, -0.05) is 20.8 Å². The average molecular weight is 261 g/mol. The molecule has 5 heteroatoms. The first-order valence-electron chi connectivity index (χ1n) is 6.02. The fourth-order valence-corrected chi connectivity index (χ4v) is 1.69. The van der Waals surface area contributed by atoms with E-state index in [-0.39, 0.29) is 17.5 Å². The van der Waals surface area contributed by atoms with Crippen LogP contribution in [0.5, 0.6) is 0 Å². The zero-order valence-electron chi connectivity index (χ0n) is 11.2. The number of hydrogen-bond acceptors (Lipinski definition) is 3. The van der Waals surface area contributed by atoms with Crippen molar-refractivity contribution in [2.24, 2.45) is 0 Å². The number of hydrogen-bond donors (Lipinski definition) is 0. The average Bonchev–Trinajstić information content (AvgIpc) is 2.30. The number of pyridine rings is 1. The van der Waals surface area contributed by atoms with E-state index in [1.165, 1.54) is 29.2 Å². The maximum atomic E-state index is 13.0. The van der Waals surface area contributed by atoms with Gasteiger partial charge in [-0.2, -0.15) is 0 Å². The van der Waals surface area contributed by atoms with Crippen LogP contribution < -0.4 is 5.56 Å². The van der Waals surface area contributed by atoms with E-state index in [1.807, 2.05) is 20.8 Å². The van der Waals surface area contributed by atoms with Gasteiger partial charge in [-0.3, -0.25) is 14.3 Å². The summed E-state index contributed by atoms with van der Waals surface area (Å²) < 4.78 is 14.5. The van der Waals surface area contributed by atoms with Crippen LogP contribution in [0.15, 0.2) is 35.6 Å². The summed E-state index contributed by atoms with van der Waals surface area (Å²) in [7, 11) is 0. The van der Waals surface area contributed by atoms with Crippen LogP contribution in [0.4, 0.5) is 4.39 Å². The molecule has 0 atom stereocenters. The highest BCUT2D eigenvalue weighted by atomic mass is 19.1. The molecule has 0 saturated carbocycles. The Kier molecular flexibility index (Phi) is 3.46. The van der Waals surface area contributed by atoms with Crippen LogP contribution in [0.1, 0.15) is 32.0 Å². The van der Waals surface area contributed by atoms with Gasteiger partial charge in [-0.05, 0) is 11.6 Å². The first-order chi connectivity index (χ1) is 8.86. The summed E-state index contributed by atoms with van der Waals surface area (Å²) in [6.07, 6.45) is 4.16. The fourth-order valence-electron chi connectivity index (χ4n) is 1.69. The molecule has 0 N–H and O–H groups in total. The highest BCUT2D eigenvalue weighted by molar-refractivity contribution is 5.13. The van der Waals surface area contributed by atoms with Gasteiger partial charge in [0, 0.05) is 17.7 Å². The fraction of sp³-hybridized carbons (Fsp3) is 0.357. The van der Waals surface area contributed by atoms with Crippen LogP contribution >= 0.6 is 0 Å². The third kappa shape index (κ3) is 3.24. The van der Waals surface area contributed by atoms with Crippen LogP contribution in [-0.4, -0.2) is 14.5 Å². The van der Waals surface area contributed by atoms with Crippen molar-refractivity contribution in [2.75, 3.05) is 0 Å². The lowest BCUT2D eigenvalue weighted by molar-refractivity contribution is 0.556. The maximum Gasteiger partial charge on any atom is 0.253 e. The van der Waals surface area contributed by atoms with Crippen molar-refractivity contribution in [3.8, 4) is 0 Å². The predicted molar refractivity (Wildman–Crippen MR) is 70.5 cm³/mol. The van der Waals surface area contributed by atoms with Crippen molar-refractivity contribution in [3.05, 3.63) is 58.3 Å². The molecule has 2 aromatic rings. The van der Waals surface area contributed by atoms with E-state index in [9.17, 15) is 9.18 Å². The molecular formula is C14H16FN3O. The first-order valence-corrected chi connectivity index (χ1v) is 6.02. The summed E-state index contributed by atoms with van der Waals surface area (Å²) in [5.74, 6) is -0.412. The van der Waals surface area contributed by atoms with E-state index in [0.29, 0.717) is 5.56 Å². The van der Waals surface area contributed by atoms with Gasteiger partial charge in [-0.25, -0.2) is 9.37 Å². The smallest absolute Gasteiger partial charge is 0.253 e. The van der Waals surface area contributed by atoms with Gasteiger partial charge in [0.1, 0.15) is 5.82 Å². The zero-order valence-corrected chi connectivity index (χ0v) is 11.2. The van der Waals surface area contributed by atoms with Gasteiger partial charge < -0.3 is 0 Å². The molecule has 0 amide bonds. The number of aromatic nitrogens is 3. The zero-order chi connectivity index (χ0) is 14.0. The van der Waals surface area contributed by atoms with Crippen LogP contribution in [0.3, 0.4) is 0 Å². The van der Waals surface area contributed by atoms with Crippen LogP contribution in [0.25, 0.3) is 0 Å². The molecule has 0 fully saturated rings. The second-order valence-corrected chi connectivity index (χ2v) is 5.50. The lowest BCUT2D eigenvalue weighted by Crippen LogP contribution is -2.25. The Morgan fingerprint density at radius 2 is 2.00 bits per heavy atom. The minimum Gasteiger partial charge on any atom is -0.295 e. The van der Waals surface area contributed by atoms with Gasteiger partial charge in [0.05, 0.1) is 24.8 Å². The van der Waals surface area contributed by atoms with Crippen LogP contribution in [0, 0.1) is 5.82 Å². The first kappa shape index (κ1) is 13.4. The Morgan fingerprint density at radius 1 is 1.26 bits per heavy atom. The predicted octanol–water partition coefficient (Wildman–Crippen LogP) is 2.12. The number of halogens is 1. The summed E-state index contributed by atoms with van der Waals surface area (Å²) in [5.41, 5.74) is 1.06. The SMILES string of the molecule is CC(C)(C)c1cc(=O)n(Cc2cncc(F)c2)cn1. The summed E-state index contributed by atoms with van der Waals surface area (Å²) in [5, 5.41) is 0. The Balaban J connectivity index is 2.30. The van der Waals surface area contributed by atoms with E-state index < -0.39 is 5.82 Å². The van der Waals surface area contributed by atoms with Crippen molar-refractivity contribution in [1.82, 2.24) is 14.5 Å². The second-order valence-electron chi connectivity index (χ2n) is 5.50. The highest BCUT2D eigenvalue weighted by Gasteiger charge is 2.16. The molecular weight excluding hydrogens is 245 g/mol. The molecule has 4 nitrogen and oxygen atoms in total. The Morgan fingerprint density at radius 3 is 2.58 bits per heavy atom. The topological polar surface area (TPSA) is 47.8 Å². The van der Waals surface area contributed by atoms with E-state index in [0.717, 1.165) is 11.9 Å². The van der Waals surface area contributed by atoms with Gasteiger partial charge >= 0.3 is 0 Å². The molecule has 100 valence electrons. The normalized spacial score (nSPS) is 11.6. The summed E-state index contributed by atoms with van der Waals surface area (Å²) in [6, 6.07) is 2.88. The minimum absolute atomic E-state index is 0.149. The van der Waals surface area contributed by atoms with Gasteiger partial charge in [0.15, 0.2) is 0 Å². The minimum atomic E-state index is -0.412. The molecule has 2 aromatic heterocycles. The van der Waals surface area contributed by atoms with Gasteiger partial charge in [0.25, 0.3) is 5.56 Å². The summed E-state index contributed by atoms with van der Waals surface area (Å²) in [6.45, 7) is 6.25. The van der Waals surface area contributed by atoms with Crippen LogP contribution in [-0.2, 0) is 12.0 Å². The molecule has 0 aliphatic heterocycles. The lowest BCUT2D eigenvalue weighted by Gasteiger charge is -2.17. The molecule has 0 bridgehead atoms. The third-order valence-electron chi connectivity index (χ3n) is 2.76. The van der Waals surface area contributed by atoms with Gasteiger partial charge in [0.2, 0.25) is 0 Å². The van der Waals surface area contributed by atoms with Crippen molar-refractivity contribution in [1.29, 1.82) is 0 Å². The summed E-state index contributed by atoms with van der Waals surface area (Å²) in [4.78, 5) is 20.0. The third-order valence-corrected chi connectivity index (χ3v) is 2.76. The second kappa shape index (κ2) is 4.91. The van der Waals surface area contributed by atoms with Gasteiger partial charge in [-0.15, -0.1) is 0 Å². The Labute approximate surface area is 111 Å². The quantitative estimate of drug-likeness (QED) is 0.832. The Hall–Kier alpha value is -2.04. The molecule has 0 aliphatic rings. The van der Waals surface area contributed by atoms with E-state index in [1.54, 1.807) is 0 Å². The standard InChI is InChI=1S/C14H16FN3O/c1-14(2,3)12-5-13(19)18(9-17-12)8-10-4-11(15)7-16-6-10/h4-7,9H,8H2,1-3H3. The lowest BCUT2D eigenvalue weighted by atomic mass is 9.92. The van der Waals surface area contributed by atoms with E-state index in [4.69, 9.17) is 0 Å². The molecule has 0 aliphatic carbocycles. The highest BCUT2D eigenvalue weighted by Crippen LogP contribution is 2.17. The number of rotatable bonds is 2. The summed E-state index contributed by atoms with van der Waals surface area (Å²) >= 11 is 0. The van der Waals surface area contributed by atoms with Crippen molar-refractivity contribution in [3.63, 3.8) is 0 Å². The van der Waals surface area contributed by atoms with Crippen molar-refractivity contribution < 1.29 is 4.39 Å². The maximum absolute atomic E-state index is 13.0. The van der Waals surface area contributed by atoms with Crippen molar-refractivity contribution >= 4 is 0 Å². The molecule has 0 radical (unpaired) electrons.